The van der Waals surface area contributed by atoms with E-state index in [4.69, 9.17) is 0 Å². The Labute approximate surface area is 169 Å². The van der Waals surface area contributed by atoms with Gasteiger partial charge in [-0.15, -0.1) is 0 Å². The van der Waals surface area contributed by atoms with E-state index in [1.165, 1.54) is 116 Å². The van der Waals surface area contributed by atoms with E-state index < -0.39 is 0 Å². The summed E-state index contributed by atoms with van der Waals surface area (Å²) >= 11 is 0. The van der Waals surface area contributed by atoms with Crippen LogP contribution in [0.2, 0.25) is 0 Å². The lowest BCUT2D eigenvalue weighted by Gasteiger charge is -2.41. The van der Waals surface area contributed by atoms with E-state index in [-0.39, 0.29) is 6.67 Å². The minimum atomic E-state index is -0.0686. The lowest BCUT2D eigenvalue weighted by atomic mass is 9.65. The lowest BCUT2D eigenvalue weighted by molar-refractivity contribution is 0.0998. The SMILES string of the molecule is CCCCCCCC1CCC(C2CCC(C3CCC(CF)CC3)CC2)CC1. The quantitative estimate of drug-likeness (QED) is 0.352. The predicted molar refractivity (Wildman–Crippen MR) is 116 cm³/mol. The Bertz CT molecular complexity index is 368. The molecule has 3 fully saturated rings. The van der Waals surface area contributed by atoms with Crippen molar-refractivity contribution in [3.05, 3.63) is 0 Å². The van der Waals surface area contributed by atoms with Gasteiger partial charge in [-0.3, -0.25) is 4.39 Å². The zero-order valence-corrected chi connectivity index (χ0v) is 18.3. The van der Waals surface area contributed by atoms with E-state index >= 15 is 0 Å². The average Bonchev–Trinajstić information content (AvgIpc) is 2.74. The second-order valence-corrected chi connectivity index (χ2v) is 10.6. The van der Waals surface area contributed by atoms with Gasteiger partial charge in [0, 0.05) is 0 Å². The van der Waals surface area contributed by atoms with Crippen molar-refractivity contribution >= 4 is 0 Å². The first-order valence-corrected chi connectivity index (χ1v) is 12.9. The summed E-state index contributed by atoms with van der Waals surface area (Å²) in [6, 6.07) is 0. The third-order valence-electron chi connectivity index (χ3n) is 8.87. The first-order valence-electron chi connectivity index (χ1n) is 12.9. The first-order chi connectivity index (χ1) is 13.3. The van der Waals surface area contributed by atoms with Gasteiger partial charge in [-0.05, 0) is 99.7 Å². The molecular formula is C26H47F. The molecule has 0 amide bonds. The summed E-state index contributed by atoms with van der Waals surface area (Å²) < 4.78 is 12.9. The highest BCUT2D eigenvalue weighted by atomic mass is 19.1. The molecule has 3 rings (SSSR count). The van der Waals surface area contributed by atoms with E-state index in [0.29, 0.717) is 5.92 Å². The second-order valence-electron chi connectivity index (χ2n) is 10.6. The van der Waals surface area contributed by atoms with Crippen molar-refractivity contribution in [2.75, 3.05) is 6.67 Å². The molecule has 0 bridgehead atoms. The summed E-state index contributed by atoms with van der Waals surface area (Å²) in [4.78, 5) is 0. The maximum absolute atomic E-state index is 12.9. The van der Waals surface area contributed by atoms with Gasteiger partial charge in [-0.25, -0.2) is 0 Å². The van der Waals surface area contributed by atoms with Gasteiger partial charge >= 0.3 is 0 Å². The maximum Gasteiger partial charge on any atom is 0.0922 e. The lowest BCUT2D eigenvalue weighted by Crippen LogP contribution is -2.30. The zero-order chi connectivity index (χ0) is 18.9. The molecular weight excluding hydrogens is 331 g/mol. The highest BCUT2D eigenvalue weighted by Crippen LogP contribution is 2.46. The average molecular weight is 379 g/mol. The number of rotatable bonds is 9. The van der Waals surface area contributed by atoms with Crippen LogP contribution in [-0.2, 0) is 0 Å². The van der Waals surface area contributed by atoms with Crippen molar-refractivity contribution in [3.63, 3.8) is 0 Å². The number of hydrogen-bond donors (Lipinski definition) is 0. The van der Waals surface area contributed by atoms with Crippen LogP contribution in [0.3, 0.4) is 0 Å². The van der Waals surface area contributed by atoms with Gasteiger partial charge in [-0.1, -0.05) is 58.3 Å². The fraction of sp³-hybridized carbons (Fsp3) is 1.00. The Morgan fingerprint density at radius 1 is 0.519 bits per heavy atom. The Kier molecular flexibility index (Phi) is 9.47. The summed E-state index contributed by atoms with van der Waals surface area (Å²) in [7, 11) is 0. The molecule has 0 aromatic carbocycles. The van der Waals surface area contributed by atoms with Crippen LogP contribution in [-0.4, -0.2) is 6.67 Å². The van der Waals surface area contributed by atoms with Crippen LogP contribution < -0.4 is 0 Å². The topological polar surface area (TPSA) is 0 Å². The molecule has 0 aromatic heterocycles. The molecule has 0 N–H and O–H groups in total. The molecule has 0 heterocycles. The van der Waals surface area contributed by atoms with Crippen LogP contribution in [0.15, 0.2) is 0 Å². The Balaban J connectivity index is 1.28. The molecule has 0 atom stereocenters. The van der Waals surface area contributed by atoms with Crippen molar-refractivity contribution in [3.8, 4) is 0 Å². The van der Waals surface area contributed by atoms with E-state index in [1.54, 1.807) is 0 Å². The van der Waals surface area contributed by atoms with Crippen LogP contribution in [0, 0.1) is 35.5 Å². The number of hydrogen-bond acceptors (Lipinski definition) is 0. The van der Waals surface area contributed by atoms with Gasteiger partial charge < -0.3 is 0 Å². The molecule has 0 aliphatic heterocycles. The van der Waals surface area contributed by atoms with Gasteiger partial charge in [0.1, 0.15) is 0 Å². The summed E-state index contributed by atoms with van der Waals surface area (Å²) in [6.45, 7) is 2.24. The van der Waals surface area contributed by atoms with E-state index in [9.17, 15) is 4.39 Å². The van der Waals surface area contributed by atoms with Crippen LogP contribution >= 0.6 is 0 Å². The van der Waals surface area contributed by atoms with Gasteiger partial charge in [-0.2, -0.15) is 0 Å². The van der Waals surface area contributed by atoms with Gasteiger partial charge in [0.2, 0.25) is 0 Å². The van der Waals surface area contributed by atoms with Crippen molar-refractivity contribution in [2.45, 2.75) is 122 Å². The van der Waals surface area contributed by atoms with E-state index in [1.807, 2.05) is 0 Å². The van der Waals surface area contributed by atoms with Crippen molar-refractivity contribution in [1.29, 1.82) is 0 Å². The Morgan fingerprint density at radius 3 is 1.37 bits per heavy atom. The maximum atomic E-state index is 12.9. The largest absolute Gasteiger partial charge is 0.251 e. The predicted octanol–water partition coefficient (Wildman–Crippen LogP) is 8.74. The molecule has 158 valence electrons. The van der Waals surface area contributed by atoms with Crippen molar-refractivity contribution in [1.82, 2.24) is 0 Å². The minimum absolute atomic E-state index is 0.0686. The van der Waals surface area contributed by atoms with Gasteiger partial charge in [0.15, 0.2) is 0 Å². The molecule has 0 aromatic rings. The molecule has 0 spiro atoms. The standard InChI is InChI=1S/C26H47F/c1-2-3-4-5-6-7-21-8-12-23(13-9-21)25-16-18-26(19-17-25)24-14-10-22(20-27)11-15-24/h21-26H,2-20H2,1H3. The van der Waals surface area contributed by atoms with Gasteiger partial charge in [0.05, 0.1) is 6.67 Å². The van der Waals surface area contributed by atoms with Crippen molar-refractivity contribution < 1.29 is 4.39 Å². The molecule has 0 radical (unpaired) electrons. The van der Waals surface area contributed by atoms with Crippen LogP contribution in [0.4, 0.5) is 4.39 Å². The summed E-state index contributed by atoms with van der Waals surface area (Å²) in [5.41, 5.74) is 0. The highest BCUT2D eigenvalue weighted by molar-refractivity contribution is 4.85. The summed E-state index contributed by atoms with van der Waals surface area (Å²) in [6.07, 6.45) is 25.9. The zero-order valence-electron chi connectivity index (χ0n) is 18.3. The molecule has 1 heteroatoms. The monoisotopic (exact) mass is 378 g/mol. The summed E-state index contributed by atoms with van der Waals surface area (Å²) in [5, 5.41) is 0. The van der Waals surface area contributed by atoms with E-state index in [0.717, 1.165) is 29.6 Å². The molecule has 0 nitrogen and oxygen atoms in total. The second kappa shape index (κ2) is 11.8. The highest BCUT2D eigenvalue weighted by Gasteiger charge is 2.34. The molecule has 3 saturated carbocycles. The number of halogens is 1. The van der Waals surface area contributed by atoms with Crippen LogP contribution in [0.25, 0.3) is 0 Å². The first kappa shape index (κ1) is 21.6. The van der Waals surface area contributed by atoms with Gasteiger partial charge in [0.25, 0.3) is 0 Å². The normalized spacial score (nSPS) is 38.0. The number of unbranched alkanes of at least 4 members (excludes halogenated alkanes) is 4. The smallest absolute Gasteiger partial charge is 0.0922 e. The van der Waals surface area contributed by atoms with E-state index in [2.05, 4.69) is 6.92 Å². The van der Waals surface area contributed by atoms with Crippen LogP contribution in [0.1, 0.15) is 122 Å². The minimum Gasteiger partial charge on any atom is -0.251 e. The Hall–Kier alpha value is -0.0700. The summed E-state index contributed by atoms with van der Waals surface area (Å²) in [5.74, 6) is 5.50. The molecule has 0 unspecified atom stereocenters. The molecule has 27 heavy (non-hydrogen) atoms. The van der Waals surface area contributed by atoms with Crippen molar-refractivity contribution in [2.24, 2.45) is 35.5 Å². The molecule has 0 saturated heterocycles. The number of alkyl halides is 1. The third-order valence-corrected chi connectivity index (χ3v) is 8.87. The third kappa shape index (κ3) is 6.74. The fourth-order valence-corrected chi connectivity index (χ4v) is 6.89. The van der Waals surface area contributed by atoms with Crippen LogP contribution in [0.5, 0.6) is 0 Å². The molecule has 3 aliphatic rings. The molecule has 3 aliphatic carbocycles. The Morgan fingerprint density at radius 2 is 0.926 bits per heavy atom. The fourth-order valence-electron chi connectivity index (χ4n) is 6.89.